The highest BCUT2D eigenvalue weighted by Crippen LogP contribution is 2.23. The molecule has 0 aromatic heterocycles. The van der Waals surface area contributed by atoms with Crippen LogP contribution in [0.3, 0.4) is 0 Å². The molecule has 2 rings (SSSR count). The van der Waals surface area contributed by atoms with Gasteiger partial charge < -0.3 is 5.11 Å². The molecule has 0 aliphatic rings. The average molecular weight is 244 g/mol. The number of aryl methyl sites for hydroxylation is 1. The van der Waals surface area contributed by atoms with Gasteiger partial charge in [-0.15, -0.1) is 0 Å². The summed E-state index contributed by atoms with van der Waals surface area (Å²) in [4.78, 5) is 0. The zero-order valence-corrected chi connectivity index (χ0v) is 10.4. The Hall–Kier alpha value is -1.67. The summed E-state index contributed by atoms with van der Waals surface area (Å²) in [6.45, 7) is 2.14. The summed E-state index contributed by atoms with van der Waals surface area (Å²) in [7, 11) is 0. The van der Waals surface area contributed by atoms with Crippen molar-refractivity contribution >= 4 is 0 Å². The van der Waals surface area contributed by atoms with Crippen LogP contribution >= 0.6 is 0 Å². The second kappa shape index (κ2) is 5.78. The van der Waals surface area contributed by atoms with Crippen molar-refractivity contribution in [2.24, 2.45) is 0 Å². The fraction of sp³-hybridized carbons (Fsp3) is 0.250. The second-order valence-electron chi connectivity index (χ2n) is 4.57. The molecule has 0 aliphatic heterocycles. The van der Waals surface area contributed by atoms with E-state index in [1.807, 2.05) is 31.2 Å². The molecule has 0 aliphatic carbocycles. The van der Waals surface area contributed by atoms with Crippen LogP contribution < -0.4 is 0 Å². The summed E-state index contributed by atoms with van der Waals surface area (Å²) in [5.74, 6) is -0.160. The van der Waals surface area contributed by atoms with Crippen LogP contribution in [-0.4, -0.2) is 11.7 Å². The van der Waals surface area contributed by atoms with Gasteiger partial charge in [0.05, 0.1) is 6.61 Å². The van der Waals surface area contributed by atoms with Crippen molar-refractivity contribution in [2.75, 3.05) is 6.61 Å². The molecule has 0 saturated heterocycles. The second-order valence-corrected chi connectivity index (χ2v) is 4.57. The first-order valence-corrected chi connectivity index (χ1v) is 6.11. The molecule has 2 aromatic rings. The van der Waals surface area contributed by atoms with Gasteiger partial charge in [-0.2, -0.15) is 0 Å². The quantitative estimate of drug-likeness (QED) is 0.873. The maximum atomic E-state index is 12.8. The van der Waals surface area contributed by atoms with Gasteiger partial charge in [-0.25, -0.2) is 4.39 Å². The van der Waals surface area contributed by atoms with Gasteiger partial charge in [-0.05, 0) is 42.2 Å². The van der Waals surface area contributed by atoms with Crippen molar-refractivity contribution in [1.82, 2.24) is 0 Å². The molecule has 0 radical (unpaired) electrons. The first-order chi connectivity index (χ1) is 8.70. The lowest BCUT2D eigenvalue weighted by Crippen LogP contribution is -2.09. The molecule has 0 fully saturated rings. The minimum absolute atomic E-state index is 0.0664. The summed E-state index contributed by atoms with van der Waals surface area (Å²) in [5.41, 5.74) is 3.38. The summed E-state index contributed by atoms with van der Waals surface area (Å²) < 4.78 is 12.8. The zero-order chi connectivity index (χ0) is 13.0. The molecule has 2 aromatic carbocycles. The van der Waals surface area contributed by atoms with Gasteiger partial charge in [0, 0.05) is 5.92 Å². The fourth-order valence-electron chi connectivity index (χ4n) is 2.22. The number of hydrogen-bond donors (Lipinski definition) is 1. The van der Waals surface area contributed by atoms with Crippen LogP contribution in [0.2, 0.25) is 0 Å². The summed E-state index contributed by atoms with van der Waals surface area (Å²) in [6.07, 6.45) is 0.724. The maximum Gasteiger partial charge on any atom is 0.123 e. The van der Waals surface area contributed by atoms with E-state index in [9.17, 15) is 9.50 Å². The zero-order valence-electron chi connectivity index (χ0n) is 10.4. The van der Waals surface area contributed by atoms with Crippen molar-refractivity contribution in [3.05, 3.63) is 71.0 Å². The molecule has 0 heterocycles. The molecule has 1 unspecified atom stereocenters. The van der Waals surface area contributed by atoms with Crippen LogP contribution in [0.4, 0.5) is 4.39 Å². The normalized spacial score (nSPS) is 12.4. The molecular weight excluding hydrogens is 227 g/mol. The predicted octanol–water partition coefficient (Wildman–Crippen LogP) is 3.45. The lowest BCUT2D eigenvalue weighted by atomic mass is 9.90. The third kappa shape index (κ3) is 2.96. The molecule has 1 nitrogen and oxygen atoms in total. The molecule has 0 saturated carbocycles. The third-order valence-electron chi connectivity index (χ3n) is 3.24. The number of aliphatic hydroxyl groups is 1. The Balaban J connectivity index is 2.20. The van der Waals surface area contributed by atoms with Crippen molar-refractivity contribution < 1.29 is 9.50 Å². The molecule has 0 spiro atoms. The van der Waals surface area contributed by atoms with E-state index in [2.05, 4.69) is 0 Å². The van der Waals surface area contributed by atoms with Crippen LogP contribution in [0.15, 0.2) is 48.5 Å². The van der Waals surface area contributed by atoms with Gasteiger partial charge in [0.1, 0.15) is 5.82 Å². The van der Waals surface area contributed by atoms with Crippen LogP contribution in [0.5, 0.6) is 0 Å². The summed E-state index contributed by atoms with van der Waals surface area (Å²) >= 11 is 0. The van der Waals surface area contributed by atoms with Crippen LogP contribution in [0.1, 0.15) is 22.6 Å². The fourth-order valence-corrected chi connectivity index (χ4v) is 2.22. The molecule has 0 amide bonds. The smallest absolute Gasteiger partial charge is 0.123 e. The highest BCUT2D eigenvalue weighted by molar-refractivity contribution is 5.31. The largest absolute Gasteiger partial charge is 0.396 e. The molecule has 1 atom stereocenters. The standard InChI is InChI=1S/C16H17FO/c1-12-4-2-3-5-16(12)14(11-18)10-13-6-8-15(17)9-7-13/h2-9,14,18H,10-11H2,1H3. The Morgan fingerprint density at radius 3 is 2.33 bits per heavy atom. The molecule has 94 valence electrons. The van der Waals surface area contributed by atoms with E-state index in [-0.39, 0.29) is 18.3 Å². The van der Waals surface area contributed by atoms with E-state index in [4.69, 9.17) is 0 Å². The Labute approximate surface area is 107 Å². The molecule has 1 N–H and O–H groups in total. The van der Waals surface area contributed by atoms with Gasteiger partial charge in [0.15, 0.2) is 0 Å². The highest BCUT2D eigenvalue weighted by atomic mass is 19.1. The molecule has 2 heteroatoms. The Morgan fingerprint density at radius 2 is 1.72 bits per heavy atom. The van der Waals surface area contributed by atoms with Crippen LogP contribution in [-0.2, 0) is 6.42 Å². The van der Waals surface area contributed by atoms with E-state index in [1.165, 1.54) is 17.7 Å². The molecule has 0 bridgehead atoms. The minimum Gasteiger partial charge on any atom is -0.396 e. The SMILES string of the molecule is Cc1ccccc1C(CO)Cc1ccc(F)cc1. The number of hydrogen-bond acceptors (Lipinski definition) is 1. The van der Waals surface area contributed by atoms with E-state index in [0.717, 1.165) is 17.5 Å². The van der Waals surface area contributed by atoms with Crippen molar-refractivity contribution in [2.45, 2.75) is 19.3 Å². The predicted molar refractivity (Wildman–Crippen MR) is 71.1 cm³/mol. The number of rotatable bonds is 4. The number of halogens is 1. The van der Waals surface area contributed by atoms with Crippen molar-refractivity contribution in [1.29, 1.82) is 0 Å². The molecule has 18 heavy (non-hydrogen) atoms. The average Bonchev–Trinajstić information content (AvgIpc) is 2.39. The topological polar surface area (TPSA) is 20.2 Å². The van der Waals surface area contributed by atoms with E-state index < -0.39 is 0 Å². The monoisotopic (exact) mass is 244 g/mol. The Kier molecular flexibility index (Phi) is 4.11. The van der Waals surface area contributed by atoms with Gasteiger partial charge >= 0.3 is 0 Å². The lowest BCUT2D eigenvalue weighted by molar-refractivity contribution is 0.264. The van der Waals surface area contributed by atoms with Gasteiger partial charge in [0.2, 0.25) is 0 Å². The summed E-state index contributed by atoms with van der Waals surface area (Å²) in [5, 5.41) is 9.55. The number of aliphatic hydroxyl groups excluding tert-OH is 1. The van der Waals surface area contributed by atoms with Crippen molar-refractivity contribution in [3.8, 4) is 0 Å². The molecular formula is C16H17FO. The van der Waals surface area contributed by atoms with E-state index in [1.54, 1.807) is 12.1 Å². The highest BCUT2D eigenvalue weighted by Gasteiger charge is 2.13. The Bertz CT molecular complexity index is 505. The van der Waals surface area contributed by atoms with Gasteiger partial charge in [0.25, 0.3) is 0 Å². The number of benzene rings is 2. The van der Waals surface area contributed by atoms with Gasteiger partial charge in [-0.1, -0.05) is 36.4 Å². The first-order valence-electron chi connectivity index (χ1n) is 6.11. The van der Waals surface area contributed by atoms with Crippen LogP contribution in [0, 0.1) is 12.7 Å². The third-order valence-corrected chi connectivity index (χ3v) is 3.24. The van der Waals surface area contributed by atoms with E-state index >= 15 is 0 Å². The van der Waals surface area contributed by atoms with E-state index in [0.29, 0.717) is 0 Å². The lowest BCUT2D eigenvalue weighted by Gasteiger charge is -2.17. The van der Waals surface area contributed by atoms with Gasteiger partial charge in [-0.3, -0.25) is 0 Å². The summed E-state index contributed by atoms with van der Waals surface area (Å²) in [6, 6.07) is 14.5. The maximum absolute atomic E-state index is 12.8. The van der Waals surface area contributed by atoms with Crippen molar-refractivity contribution in [3.63, 3.8) is 0 Å². The Morgan fingerprint density at radius 1 is 1.06 bits per heavy atom. The minimum atomic E-state index is -0.227. The first kappa shape index (κ1) is 12.8. The van der Waals surface area contributed by atoms with Crippen LogP contribution in [0.25, 0.3) is 0 Å².